The van der Waals surface area contributed by atoms with Crippen molar-refractivity contribution in [3.63, 3.8) is 0 Å². The lowest BCUT2D eigenvalue weighted by Crippen LogP contribution is -2.00. The van der Waals surface area contributed by atoms with Crippen LogP contribution in [0.5, 0.6) is 5.75 Å². The third-order valence-corrected chi connectivity index (χ3v) is 5.43. The molecule has 8 nitrogen and oxygen atoms in total. The van der Waals surface area contributed by atoms with Gasteiger partial charge in [0.25, 0.3) is 5.69 Å². The average Bonchev–Trinajstić information content (AvgIpc) is 3.20. The van der Waals surface area contributed by atoms with Crippen molar-refractivity contribution in [2.75, 3.05) is 0 Å². The molecule has 0 aliphatic heterocycles. The van der Waals surface area contributed by atoms with Crippen molar-refractivity contribution < 1.29 is 19.6 Å². The molecular formula is C23H17N3O5S. The number of fused-ring (bicyclic) bond motifs is 1. The predicted octanol–water partition coefficient (Wildman–Crippen LogP) is 5.27. The number of rotatable bonds is 8. The van der Waals surface area contributed by atoms with Crippen LogP contribution in [0.1, 0.15) is 11.1 Å². The number of benzene rings is 3. The molecule has 160 valence electrons. The molecule has 0 fully saturated rings. The van der Waals surface area contributed by atoms with Crippen molar-refractivity contribution >= 4 is 40.5 Å². The molecule has 9 heteroatoms. The van der Waals surface area contributed by atoms with E-state index in [4.69, 9.17) is 4.74 Å². The van der Waals surface area contributed by atoms with Gasteiger partial charge < -0.3 is 14.8 Å². The van der Waals surface area contributed by atoms with Gasteiger partial charge in [-0.15, -0.1) is 0 Å². The maximum Gasteiger partial charge on any atom is 0.342 e. The quantitative estimate of drug-likeness (QED) is 0.163. The lowest BCUT2D eigenvalue weighted by atomic mass is 10.2. The number of ether oxygens (including phenoxy) is 1. The van der Waals surface area contributed by atoms with Gasteiger partial charge in [0.1, 0.15) is 17.3 Å². The largest absolute Gasteiger partial charge is 0.488 e. The van der Waals surface area contributed by atoms with Crippen molar-refractivity contribution in [3.8, 4) is 5.75 Å². The highest BCUT2D eigenvalue weighted by Gasteiger charge is 2.14. The molecular weight excluding hydrogens is 430 g/mol. The fraction of sp³-hybridized carbons (Fsp3) is 0.0435. The summed E-state index contributed by atoms with van der Waals surface area (Å²) in [5.74, 6) is -0.588. The zero-order chi connectivity index (χ0) is 22.5. The number of nitrogens with zero attached hydrogens (tertiary/aromatic N) is 2. The summed E-state index contributed by atoms with van der Waals surface area (Å²) in [4.78, 5) is 29.8. The minimum absolute atomic E-state index is 0.00537. The lowest BCUT2D eigenvalue weighted by molar-refractivity contribution is -0.384. The number of aliphatic carboxylic acids is 1. The number of aromatic amines is 1. The number of hydrogen-bond acceptors (Lipinski definition) is 6. The molecule has 0 radical (unpaired) electrons. The first-order valence-corrected chi connectivity index (χ1v) is 10.3. The summed E-state index contributed by atoms with van der Waals surface area (Å²) in [6.07, 6.45) is 1.53. The summed E-state index contributed by atoms with van der Waals surface area (Å²) in [6.45, 7) is 0.183. The Morgan fingerprint density at radius 3 is 2.53 bits per heavy atom. The number of carboxylic acids is 1. The monoisotopic (exact) mass is 447 g/mol. The molecule has 0 amide bonds. The second-order valence-corrected chi connectivity index (χ2v) is 7.76. The number of carbonyl (C=O) groups is 1. The summed E-state index contributed by atoms with van der Waals surface area (Å²) in [6, 6.07) is 20.6. The Morgan fingerprint density at radius 2 is 1.81 bits per heavy atom. The fourth-order valence-electron chi connectivity index (χ4n) is 2.96. The van der Waals surface area contributed by atoms with Crippen LogP contribution >= 0.6 is 11.8 Å². The van der Waals surface area contributed by atoms with Crippen LogP contribution in [0.25, 0.3) is 17.1 Å². The van der Waals surface area contributed by atoms with Gasteiger partial charge in [-0.3, -0.25) is 10.1 Å². The van der Waals surface area contributed by atoms with E-state index in [1.165, 1.54) is 18.2 Å². The standard InChI is InChI=1S/C23H17N3O5S/c27-22(28)21(32-23-24-18-6-2-3-7-19(18)25-23)13-16-5-1-4-8-20(16)31-14-15-9-11-17(12-10-15)26(29)30/h1-13H,14H2,(H,24,25)(H,27,28)/b21-13-. The van der Waals surface area contributed by atoms with Gasteiger partial charge in [0.15, 0.2) is 5.16 Å². The zero-order valence-electron chi connectivity index (χ0n) is 16.6. The van der Waals surface area contributed by atoms with Crippen LogP contribution in [0.15, 0.2) is 82.9 Å². The first-order chi connectivity index (χ1) is 15.5. The van der Waals surface area contributed by atoms with Crippen LogP contribution in [0.4, 0.5) is 5.69 Å². The minimum Gasteiger partial charge on any atom is -0.488 e. The number of nitro groups is 1. The summed E-state index contributed by atoms with van der Waals surface area (Å²) in [7, 11) is 0. The van der Waals surface area contributed by atoms with E-state index in [-0.39, 0.29) is 17.2 Å². The third-order valence-electron chi connectivity index (χ3n) is 4.53. The van der Waals surface area contributed by atoms with Gasteiger partial charge >= 0.3 is 5.97 Å². The average molecular weight is 447 g/mol. The van der Waals surface area contributed by atoms with Crippen molar-refractivity contribution in [2.24, 2.45) is 0 Å². The molecule has 0 atom stereocenters. The number of thioether (sulfide) groups is 1. The van der Waals surface area contributed by atoms with E-state index < -0.39 is 10.9 Å². The number of aromatic nitrogens is 2. The molecule has 0 aliphatic rings. The molecule has 32 heavy (non-hydrogen) atoms. The van der Waals surface area contributed by atoms with E-state index in [1.54, 1.807) is 36.4 Å². The van der Waals surface area contributed by atoms with Crippen LogP contribution in [-0.4, -0.2) is 26.0 Å². The molecule has 0 aliphatic carbocycles. The molecule has 0 unspecified atom stereocenters. The maximum absolute atomic E-state index is 11.9. The molecule has 0 saturated heterocycles. The Labute approximate surface area is 186 Å². The predicted molar refractivity (Wildman–Crippen MR) is 121 cm³/mol. The first kappa shape index (κ1) is 21.1. The fourth-order valence-corrected chi connectivity index (χ4v) is 3.75. The highest BCUT2D eigenvalue weighted by molar-refractivity contribution is 8.04. The van der Waals surface area contributed by atoms with Crippen LogP contribution in [0.2, 0.25) is 0 Å². The summed E-state index contributed by atoms with van der Waals surface area (Å²) in [5, 5.41) is 21.0. The minimum atomic E-state index is -1.08. The Bertz CT molecular complexity index is 1280. The van der Waals surface area contributed by atoms with Gasteiger partial charge in [-0.25, -0.2) is 9.78 Å². The summed E-state index contributed by atoms with van der Waals surface area (Å²) >= 11 is 1.02. The summed E-state index contributed by atoms with van der Waals surface area (Å²) < 4.78 is 5.86. The van der Waals surface area contributed by atoms with Crippen LogP contribution in [-0.2, 0) is 11.4 Å². The van der Waals surface area contributed by atoms with Gasteiger partial charge in [-0.1, -0.05) is 30.3 Å². The molecule has 1 heterocycles. The molecule has 2 N–H and O–H groups in total. The van der Waals surface area contributed by atoms with Crippen LogP contribution in [0.3, 0.4) is 0 Å². The van der Waals surface area contributed by atoms with Crippen LogP contribution < -0.4 is 4.74 Å². The number of non-ortho nitro benzene ring substituents is 1. The number of carboxylic acid groups (broad SMARTS) is 1. The molecule has 0 spiro atoms. The topological polar surface area (TPSA) is 118 Å². The Kier molecular flexibility index (Phi) is 6.18. The van der Waals surface area contributed by atoms with Crippen molar-refractivity contribution in [1.29, 1.82) is 0 Å². The zero-order valence-corrected chi connectivity index (χ0v) is 17.4. The SMILES string of the molecule is O=C(O)/C(=C/c1ccccc1OCc1ccc([N+](=O)[O-])cc1)Sc1nc2ccccc2[nH]1. The molecule has 0 saturated carbocycles. The van der Waals surface area contributed by atoms with E-state index in [9.17, 15) is 20.0 Å². The smallest absolute Gasteiger partial charge is 0.342 e. The second-order valence-electron chi connectivity index (χ2n) is 6.72. The number of imidazole rings is 1. The highest BCUT2D eigenvalue weighted by Crippen LogP contribution is 2.31. The van der Waals surface area contributed by atoms with E-state index in [0.717, 1.165) is 28.4 Å². The van der Waals surface area contributed by atoms with Crippen molar-refractivity contribution in [3.05, 3.63) is 98.9 Å². The highest BCUT2D eigenvalue weighted by atomic mass is 32.2. The van der Waals surface area contributed by atoms with Gasteiger partial charge in [0.05, 0.1) is 16.0 Å². The lowest BCUT2D eigenvalue weighted by Gasteiger charge is -2.10. The Hall–Kier alpha value is -4.11. The molecule has 1 aromatic heterocycles. The molecule has 4 rings (SSSR count). The third kappa shape index (κ3) is 4.96. The van der Waals surface area contributed by atoms with Crippen LogP contribution in [0, 0.1) is 10.1 Å². The molecule has 4 aromatic rings. The molecule has 0 bridgehead atoms. The van der Waals surface area contributed by atoms with E-state index in [0.29, 0.717) is 16.5 Å². The Morgan fingerprint density at radius 1 is 1.09 bits per heavy atom. The Balaban J connectivity index is 1.54. The van der Waals surface area contributed by atoms with E-state index >= 15 is 0 Å². The second kappa shape index (κ2) is 9.36. The van der Waals surface area contributed by atoms with E-state index in [2.05, 4.69) is 9.97 Å². The molecule has 3 aromatic carbocycles. The number of hydrogen-bond donors (Lipinski definition) is 2. The normalized spacial score (nSPS) is 11.4. The number of para-hydroxylation sites is 3. The maximum atomic E-state index is 11.9. The number of nitrogens with one attached hydrogen (secondary N) is 1. The van der Waals surface area contributed by atoms with Gasteiger partial charge in [-0.2, -0.15) is 0 Å². The first-order valence-electron chi connectivity index (χ1n) is 9.52. The van der Waals surface area contributed by atoms with Gasteiger partial charge in [0.2, 0.25) is 0 Å². The summed E-state index contributed by atoms with van der Waals surface area (Å²) in [5.41, 5.74) is 2.93. The van der Waals surface area contributed by atoms with E-state index in [1.807, 2.05) is 24.3 Å². The number of H-pyrrole nitrogens is 1. The van der Waals surface area contributed by atoms with Crippen molar-refractivity contribution in [1.82, 2.24) is 9.97 Å². The van der Waals surface area contributed by atoms with Gasteiger partial charge in [-0.05, 0) is 53.7 Å². The van der Waals surface area contributed by atoms with Crippen molar-refractivity contribution in [2.45, 2.75) is 11.8 Å². The number of nitro benzene ring substituents is 1. The van der Waals surface area contributed by atoms with Gasteiger partial charge in [0, 0.05) is 17.7 Å².